The lowest BCUT2D eigenvalue weighted by molar-refractivity contribution is 0.430. The van der Waals surface area contributed by atoms with E-state index < -0.39 is 0 Å². The van der Waals surface area contributed by atoms with Crippen LogP contribution in [-0.2, 0) is 0 Å². The molecule has 162 valence electrons. The minimum atomic E-state index is -0.311. The van der Waals surface area contributed by atoms with Crippen LogP contribution in [0.25, 0.3) is 23.0 Å². The van der Waals surface area contributed by atoms with Gasteiger partial charge in [-0.25, -0.2) is 4.39 Å². The first-order valence-corrected chi connectivity index (χ1v) is 10.6. The number of halogens is 1. The highest BCUT2D eigenvalue weighted by atomic mass is 19.1. The topological polar surface area (TPSA) is 71.2 Å². The molecule has 0 N–H and O–H groups in total. The summed E-state index contributed by atoms with van der Waals surface area (Å²) in [5.41, 5.74) is 5.13. The Bertz CT molecular complexity index is 1210. The Balaban J connectivity index is 1.26. The number of benzene rings is 2. The smallest absolute Gasteiger partial charge is 0.278 e. The SMILES string of the molecule is Cc1cccc(N2CCN(c3ccc(-c4nc(-c5ccc(F)cc5)no4)nn3)CC2)c1C. The molecule has 0 saturated carbocycles. The second kappa shape index (κ2) is 8.37. The molecule has 0 aliphatic carbocycles. The molecule has 3 heterocycles. The van der Waals surface area contributed by atoms with Crippen molar-refractivity contribution in [2.75, 3.05) is 36.0 Å². The van der Waals surface area contributed by atoms with E-state index in [0.29, 0.717) is 17.1 Å². The first-order chi connectivity index (χ1) is 15.6. The van der Waals surface area contributed by atoms with Crippen LogP contribution in [-0.4, -0.2) is 46.5 Å². The lowest BCUT2D eigenvalue weighted by atomic mass is 10.1. The van der Waals surface area contributed by atoms with E-state index in [2.05, 4.69) is 62.2 Å². The molecule has 1 aliphatic heterocycles. The van der Waals surface area contributed by atoms with Crippen molar-refractivity contribution in [2.45, 2.75) is 13.8 Å². The second-order valence-corrected chi connectivity index (χ2v) is 7.90. The van der Waals surface area contributed by atoms with Crippen LogP contribution in [0.3, 0.4) is 0 Å². The van der Waals surface area contributed by atoms with Gasteiger partial charge in [0.25, 0.3) is 5.89 Å². The highest BCUT2D eigenvalue weighted by Crippen LogP contribution is 2.26. The summed E-state index contributed by atoms with van der Waals surface area (Å²) in [4.78, 5) is 9.02. The van der Waals surface area contributed by atoms with Gasteiger partial charge in [0, 0.05) is 37.4 Å². The molecular weight excluding hydrogens is 407 g/mol. The molecule has 1 fully saturated rings. The quantitative estimate of drug-likeness (QED) is 0.479. The Hall–Kier alpha value is -3.81. The van der Waals surface area contributed by atoms with Gasteiger partial charge in [-0.05, 0) is 67.4 Å². The Morgan fingerprint density at radius 1 is 0.844 bits per heavy atom. The van der Waals surface area contributed by atoms with Crippen LogP contribution < -0.4 is 9.80 Å². The third-order valence-corrected chi connectivity index (χ3v) is 5.92. The van der Waals surface area contributed by atoms with E-state index in [-0.39, 0.29) is 11.7 Å². The molecule has 0 atom stereocenters. The molecular formula is C24H23FN6O. The lowest BCUT2D eigenvalue weighted by Crippen LogP contribution is -2.47. The van der Waals surface area contributed by atoms with E-state index in [1.165, 1.54) is 28.9 Å². The minimum absolute atomic E-state index is 0.281. The molecule has 0 radical (unpaired) electrons. The Morgan fingerprint density at radius 2 is 1.59 bits per heavy atom. The molecule has 1 aliphatic rings. The van der Waals surface area contributed by atoms with Crippen molar-refractivity contribution in [3.63, 3.8) is 0 Å². The molecule has 0 bridgehead atoms. The van der Waals surface area contributed by atoms with Crippen molar-refractivity contribution in [3.05, 3.63) is 71.5 Å². The van der Waals surface area contributed by atoms with Crippen LogP contribution >= 0.6 is 0 Å². The maximum atomic E-state index is 13.1. The molecule has 0 amide bonds. The Labute approximate surface area is 185 Å². The number of hydrogen-bond acceptors (Lipinski definition) is 7. The maximum absolute atomic E-state index is 13.1. The lowest BCUT2D eigenvalue weighted by Gasteiger charge is -2.37. The monoisotopic (exact) mass is 430 g/mol. The number of aromatic nitrogens is 4. The number of aryl methyl sites for hydroxylation is 1. The molecule has 32 heavy (non-hydrogen) atoms. The van der Waals surface area contributed by atoms with Crippen LogP contribution in [0.1, 0.15) is 11.1 Å². The van der Waals surface area contributed by atoms with Gasteiger partial charge >= 0.3 is 0 Å². The van der Waals surface area contributed by atoms with Gasteiger partial charge in [0.1, 0.15) is 5.82 Å². The van der Waals surface area contributed by atoms with Crippen LogP contribution in [0, 0.1) is 19.7 Å². The molecule has 1 saturated heterocycles. The normalized spacial score (nSPS) is 14.1. The first kappa shape index (κ1) is 20.1. The van der Waals surface area contributed by atoms with Crippen molar-refractivity contribution in [2.24, 2.45) is 0 Å². The van der Waals surface area contributed by atoms with Gasteiger partial charge in [0.2, 0.25) is 5.82 Å². The van der Waals surface area contributed by atoms with Gasteiger partial charge in [-0.2, -0.15) is 4.98 Å². The standard InChI is InChI=1S/C24H23FN6O/c1-16-4-3-5-21(17(16)2)30-12-14-31(15-13-30)22-11-10-20(27-28-22)24-26-23(29-32-24)18-6-8-19(25)9-7-18/h3-11H,12-15H2,1-2H3. The van der Waals surface area contributed by atoms with Crippen molar-refractivity contribution >= 4 is 11.5 Å². The number of anilines is 2. The van der Waals surface area contributed by atoms with Gasteiger partial charge < -0.3 is 14.3 Å². The van der Waals surface area contributed by atoms with E-state index in [1.807, 2.05) is 12.1 Å². The predicted octanol–water partition coefficient (Wildman–Crippen LogP) is 4.28. The Kier molecular flexibility index (Phi) is 5.26. The van der Waals surface area contributed by atoms with Gasteiger partial charge in [-0.1, -0.05) is 17.3 Å². The summed E-state index contributed by atoms with van der Waals surface area (Å²) in [5.74, 6) is 1.18. The average molecular weight is 430 g/mol. The summed E-state index contributed by atoms with van der Waals surface area (Å²) < 4.78 is 18.4. The van der Waals surface area contributed by atoms with Gasteiger partial charge in [0.05, 0.1) is 0 Å². The van der Waals surface area contributed by atoms with Crippen LogP contribution in [0.2, 0.25) is 0 Å². The average Bonchev–Trinajstić information content (AvgIpc) is 3.32. The third kappa shape index (κ3) is 3.91. The molecule has 4 aromatic rings. The summed E-state index contributed by atoms with van der Waals surface area (Å²) in [6.07, 6.45) is 0. The number of nitrogens with zero attached hydrogens (tertiary/aromatic N) is 6. The van der Waals surface area contributed by atoms with Crippen LogP contribution in [0.15, 0.2) is 59.1 Å². The largest absolute Gasteiger partial charge is 0.368 e. The minimum Gasteiger partial charge on any atom is -0.368 e. The van der Waals surface area contributed by atoms with Crippen molar-refractivity contribution in [3.8, 4) is 23.0 Å². The summed E-state index contributed by atoms with van der Waals surface area (Å²) in [6, 6.07) is 16.2. The highest BCUT2D eigenvalue weighted by molar-refractivity contribution is 5.59. The zero-order valence-electron chi connectivity index (χ0n) is 18.0. The zero-order chi connectivity index (χ0) is 22.1. The van der Waals surface area contributed by atoms with E-state index in [9.17, 15) is 4.39 Å². The van der Waals surface area contributed by atoms with Gasteiger partial charge in [0.15, 0.2) is 11.5 Å². The third-order valence-electron chi connectivity index (χ3n) is 5.92. The van der Waals surface area contributed by atoms with Crippen molar-refractivity contribution < 1.29 is 8.91 Å². The Morgan fingerprint density at radius 3 is 2.31 bits per heavy atom. The molecule has 0 unspecified atom stereocenters. The molecule has 7 nitrogen and oxygen atoms in total. The van der Waals surface area contributed by atoms with E-state index >= 15 is 0 Å². The molecule has 0 spiro atoms. The fourth-order valence-corrected chi connectivity index (χ4v) is 3.91. The zero-order valence-corrected chi connectivity index (χ0v) is 18.0. The fourth-order valence-electron chi connectivity index (χ4n) is 3.91. The van der Waals surface area contributed by atoms with E-state index in [4.69, 9.17) is 4.52 Å². The van der Waals surface area contributed by atoms with E-state index in [1.54, 1.807) is 12.1 Å². The first-order valence-electron chi connectivity index (χ1n) is 10.6. The van der Waals surface area contributed by atoms with Crippen LogP contribution in [0.4, 0.5) is 15.9 Å². The van der Waals surface area contributed by atoms with E-state index in [0.717, 1.165) is 32.0 Å². The summed E-state index contributed by atoms with van der Waals surface area (Å²) >= 11 is 0. The van der Waals surface area contributed by atoms with Gasteiger partial charge in [-0.15, -0.1) is 10.2 Å². The molecule has 2 aromatic carbocycles. The second-order valence-electron chi connectivity index (χ2n) is 7.90. The number of hydrogen-bond donors (Lipinski definition) is 0. The number of rotatable bonds is 4. The molecule has 2 aromatic heterocycles. The molecule has 5 rings (SSSR count). The summed E-state index contributed by atoms with van der Waals surface area (Å²) in [5, 5.41) is 12.6. The van der Waals surface area contributed by atoms with Gasteiger partial charge in [-0.3, -0.25) is 0 Å². The summed E-state index contributed by atoms with van der Waals surface area (Å²) in [7, 11) is 0. The van der Waals surface area contributed by atoms with Crippen molar-refractivity contribution in [1.29, 1.82) is 0 Å². The van der Waals surface area contributed by atoms with Crippen molar-refractivity contribution in [1.82, 2.24) is 20.3 Å². The number of piperazine rings is 1. The fraction of sp³-hybridized carbons (Fsp3) is 0.250. The summed E-state index contributed by atoms with van der Waals surface area (Å²) in [6.45, 7) is 7.93. The highest BCUT2D eigenvalue weighted by Gasteiger charge is 2.21. The maximum Gasteiger partial charge on any atom is 0.278 e. The predicted molar refractivity (Wildman–Crippen MR) is 121 cm³/mol. The van der Waals surface area contributed by atoms with Crippen LogP contribution in [0.5, 0.6) is 0 Å². The molecule has 8 heteroatoms.